The summed E-state index contributed by atoms with van der Waals surface area (Å²) in [5.41, 5.74) is 2.01. The fourth-order valence-electron chi connectivity index (χ4n) is 2.87. The molecule has 0 aliphatic carbocycles. The zero-order valence-corrected chi connectivity index (χ0v) is 19.4. The van der Waals surface area contributed by atoms with E-state index in [9.17, 15) is 9.59 Å². The molecule has 0 saturated heterocycles. The first kappa shape index (κ1) is 24.1. The molecular weight excluding hydrogens is 420 g/mol. The average Bonchev–Trinajstić information content (AvgIpc) is 2.72. The van der Waals surface area contributed by atoms with Gasteiger partial charge in [-0.2, -0.15) is 0 Å². The van der Waals surface area contributed by atoms with Crippen LogP contribution in [0.5, 0.6) is 5.75 Å². The number of amides is 2. The number of carbonyl (C=O) groups excluding carboxylic acids is 2. The lowest BCUT2D eigenvalue weighted by atomic mass is 10.1. The quantitative estimate of drug-likeness (QED) is 0.580. The first-order valence-corrected chi connectivity index (χ1v) is 11.4. The third-order valence-corrected chi connectivity index (χ3v) is 5.73. The van der Waals surface area contributed by atoms with Gasteiger partial charge >= 0.3 is 0 Å². The minimum absolute atomic E-state index is 0.00741. The summed E-state index contributed by atoms with van der Waals surface area (Å²) in [5, 5.41) is 3.59. The van der Waals surface area contributed by atoms with Crippen molar-refractivity contribution in [3.05, 3.63) is 64.7 Å². The SMILES string of the molecule is COc1cccc(CN(C(=O)CSCc2ccc(Cl)cc2)[C@H](C)C(=O)NC(C)C)c1. The molecule has 0 aliphatic heterocycles. The molecule has 2 amide bonds. The molecule has 0 aromatic heterocycles. The van der Waals surface area contributed by atoms with Gasteiger partial charge in [0.05, 0.1) is 12.9 Å². The van der Waals surface area contributed by atoms with Crippen molar-refractivity contribution in [2.75, 3.05) is 12.9 Å². The normalized spacial score (nSPS) is 11.8. The number of nitrogens with zero attached hydrogens (tertiary/aromatic N) is 1. The van der Waals surface area contributed by atoms with Crippen molar-refractivity contribution in [3.63, 3.8) is 0 Å². The van der Waals surface area contributed by atoms with E-state index in [1.165, 1.54) is 11.8 Å². The third-order valence-electron chi connectivity index (χ3n) is 4.49. The molecule has 0 saturated carbocycles. The maximum Gasteiger partial charge on any atom is 0.242 e. The summed E-state index contributed by atoms with van der Waals surface area (Å²) in [6.07, 6.45) is 0. The van der Waals surface area contributed by atoms with Gasteiger partial charge in [0.2, 0.25) is 11.8 Å². The fourth-order valence-corrected chi connectivity index (χ4v) is 3.87. The monoisotopic (exact) mass is 448 g/mol. The lowest BCUT2D eigenvalue weighted by Gasteiger charge is -2.29. The molecule has 0 fully saturated rings. The fraction of sp³-hybridized carbons (Fsp3) is 0.391. The van der Waals surface area contributed by atoms with E-state index in [1.54, 1.807) is 18.9 Å². The summed E-state index contributed by atoms with van der Waals surface area (Å²) in [7, 11) is 1.61. The Labute approximate surface area is 188 Å². The van der Waals surface area contributed by atoms with Crippen LogP contribution >= 0.6 is 23.4 Å². The molecule has 0 spiro atoms. The second kappa shape index (κ2) is 11.9. The van der Waals surface area contributed by atoms with Gasteiger partial charge in [0.15, 0.2) is 0 Å². The van der Waals surface area contributed by atoms with E-state index < -0.39 is 6.04 Å². The van der Waals surface area contributed by atoms with Crippen LogP contribution in [0.3, 0.4) is 0 Å². The average molecular weight is 449 g/mol. The summed E-state index contributed by atoms with van der Waals surface area (Å²) >= 11 is 7.44. The highest BCUT2D eigenvalue weighted by atomic mass is 35.5. The van der Waals surface area contributed by atoms with E-state index >= 15 is 0 Å². The Morgan fingerprint density at radius 2 is 1.80 bits per heavy atom. The molecule has 2 aromatic rings. The highest BCUT2D eigenvalue weighted by Gasteiger charge is 2.26. The van der Waals surface area contributed by atoms with E-state index in [-0.39, 0.29) is 23.6 Å². The van der Waals surface area contributed by atoms with Gasteiger partial charge in [-0.3, -0.25) is 9.59 Å². The van der Waals surface area contributed by atoms with Crippen LogP contribution in [0.25, 0.3) is 0 Å². The van der Waals surface area contributed by atoms with Gasteiger partial charge in [0.25, 0.3) is 0 Å². The second-order valence-corrected chi connectivity index (χ2v) is 8.75. The third kappa shape index (κ3) is 7.58. The number of nitrogens with one attached hydrogen (secondary N) is 1. The minimum atomic E-state index is -0.581. The molecule has 2 aromatic carbocycles. The summed E-state index contributed by atoms with van der Waals surface area (Å²) in [6, 6.07) is 14.6. The number of ether oxygens (including phenoxy) is 1. The van der Waals surface area contributed by atoms with Crippen molar-refractivity contribution in [1.29, 1.82) is 0 Å². The number of halogens is 1. The zero-order valence-electron chi connectivity index (χ0n) is 17.9. The van der Waals surface area contributed by atoms with Crippen molar-refractivity contribution >= 4 is 35.2 Å². The van der Waals surface area contributed by atoms with E-state index in [2.05, 4.69) is 5.32 Å². The highest BCUT2D eigenvalue weighted by molar-refractivity contribution is 7.99. The standard InChI is InChI=1S/C23H29ClN2O3S/c1-16(2)25-23(28)17(3)26(13-19-6-5-7-21(12-19)29-4)22(27)15-30-14-18-8-10-20(24)11-9-18/h5-12,16-17H,13-15H2,1-4H3,(H,25,28)/t17-/m1/s1. The molecule has 5 nitrogen and oxygen atoms in total. The summed E-state index contributed by atoms with van der Waals surface area (Å²) in [4.78, 5) is 27.3. The number of hydrogen-bond donors (Lipinski definition) is 1. The topological polar surface area (TPSA) is 58.6 Å². The molecule has 30 heavy (non-hydrogen) atoms. The summed E-state index contributed by atoms with van der Waals surface area (Å²) in [6.45, 7) is 5.91. The van der Waals surface area contributed by atoms with Crippen molar-refractivity contribution in [2.45, 2.75) is 45.2 Å². The Morgan fingerprint density at radius 3 is 2.43 bits per heavy atom. The maximum atomic E-state index is 13.1. The van der Waals surface area contributed by atoms with Gasteiger partial charge in [0, 0.05) is 23.4 Å². The molecule has 1 N–H and O–H groups in total. The Hall–Kier alpha value is -2.18. The van der Waals surface area contributed by atoms with Crippen LogP contribution in [-0.2, 0) is 21.9 Å². The van der Waals surface area contributed by atoms with Crippen LogP contribution in [0.2, 0.25) is 5.02 Å². The molecule has 1 atom stereocenters. The van der Waals surface area contributed by atoms with E-state index in [0.29, 0.717) is 17.3 Å². The van der Waals surface area contributed by atoms with E-state index in [4.69, 9.17) is 16.3 Å². The zero-order chi connectivity index (χ0) is 22.1. The highest BCUT2D eigenvalue weighted by Crippen LogP contribution is 2.19. The maximum absolute atomic E-state index is 13.1. The number of methoxy groups -OCH3 is 1. The van der Waals surface area contributed by atoms with Crippen LogP contribution in [0, 0.1) is 0 Å². The molecule has 162 valence electrons. The minimum Gasteiger partial charge on any atom is -0.497 e. The lowest BCUT2D eigenvalue weighted by molar-refractivity contribution is -0.138. The van der Waals surface area contributed by atoms with Crippen LogP contribution in [0.4, 0.5) is 0 Å². The Bertz CT molecular complexity index is 843. The Morgan fingerprint density at radius 1 is 1.10 bits per heavy atom. The predicted octanol–water partition coefficient (Wildman–Crippen LogP) is 4.52. The molecule has 0 bridgehead atoms. The smallest absolute Gasteiger partial charge is 0.242 e. The van der Waals surface area contributed by atoms with Crippen LogP contribution in [0.1, 0.15) is 31.9 Å². The van der Waals surface area contributed by atoms with Gasteiger partial charge < -0.3 is 15.0 Å². The molecule has 2 rings (SSSR count). The van der Waals surface area contributed by atoms with Crippen molar-refractivity contribution in [1.82, 2.24) is 10.2 Å². The summed E-state index contributed by atoms with van der Waals surface area (Å²) in [5.74, 6) is 1.46. The Balaban J connectivity index is 2.08. The van der Waals surface area contributed by atoms with Crippen LogP contribution < -0.4 is 10.1 Å². The van der Waals surface area contributed by atoms with Crippen LogP contribution in [0.15, 0.2) is 48.5 Å². The van der Waals surface area contributed by atoms with Crippen molar-refractivity contribution in [3.8, 4) is 5.75 Å². The second-order valence-electron chi connectivity index (χ2n) is 7.33. The first-order chi connectivity index (χ1) is 14.3. The number of hydrogen-bond acceptors (Lipinski definition) is 4. The number of thioether (sulfide) groups is 1. The first-order valence-electron chi connectivity index (χ1n) is 9.85. The van der Waals surface area contributed by atoms with Gasteiger partial charge in [-0.05, 0) is 56.2 Å². The molecule has 7 heteroatoms. The van der Waals surface area contributed by atoms with Gasteiger partial charge in [0.1, 0.15) is 11.8 Å². The number of rotatable bonds is 10. The van der Waals surface area contributed by atoms with E-state index in [1.807, 2.05) is 62.4 Å². The number of carbonyl (C=O) groups is 2. The van der Waals surface area contributed by atoms with Gasteiger partial charge in [-0.1, -0.05) is 35.9 Å². The molecule has 0 aliphatic rings. The van der Waals surface area contributed by atoms with Gasteiger partial charge in [-0.15, -0.1) is 11.8 Å². The summed E-state index contributed by atoms with van der Waals surface area (Å²) < 4.78 is 5.28. The molecule has 0 heterocycles. The molecule has 0 unspecified atom stereocenters. The molecular formula is C23H29ClN2O3S. The van der Waals surface area contributed by atoms with E-state index in [0.717, 1.165) is 16.9 Å². The van der Waals surface area contributed by atoms with Crippen molar-refractivity contribution < 1.29 is 14.3 Å². The van der Waals surface area contributed by atoms with Crippen LogP contribution in [-0.4, -0.2) is 41.7 Å². The number of benzene rings is 2. The predicted molar refractivity (Wildman–Crippen MR) is 124 cm³/mol. The Kier molecular flexibility index (Phi) is 9.53. The van der Waals surface area contributed by atoms with Gasteiger partial charge in [-0.25, -0.2) is 0 Å². The van der Waals surface area contributed by atoms with Crippen molar-refractivity contribution in [2.24, 2.45) is 0 Å². The largest absolute Gasteiger partial charge is 0.497 e. The molecule has 0 radical (unpaired) electrons. The lowest BCUT2D eigenvalue weighted by Crippen LogP contribution is -2.49.